The Labute approximate surface area is 116 Å². The SMILES string of the molecule is NC(CS(=O)(=O)c1cccc(Br)c1)C1CCOC1. The molecular weight excluding hydrogens is 318 g/mol. The number of halogens is 1. The summed E-state index contributed by atoms with van der Waals surface area (Å²) in [6, 6.07) is 6.34. The number of hydrogen-bond donors (Lipinski definition) is 1. The molecule has 1 saturated heterocycles. The van der Waals surface area contributed by atoms with Gasteiger partial charge in [-0.15, -0.1) is 0 Å². The van der Waals surface area contributed by atoms with E-state index in [0.29, 0.717) is 18.1 Å². The zero-order valence-corrected chi connectivity index (χ0v) is 12.3. The Kier molecular flexibility index (Phi) is 4.42. The third kappa shape index (κ3) is 3.32. The first kappa shape index (κ1) is 14.0. The van der Waals surface area contributed by atoms with Crippen LogP contribution in [0.3, 0.4) is 0 Å². The Hall–Kier alpha value is -0.430. The molecule has 100 valence electrons. The number of hydrogen-bond acceptors (Lipinski definition) is 4. The van der Waals surface area contributed by atoms with Crippen LogP contribution in [0.4, 0.5) is 0 Å². The van der Waals surface area contributed by atoms with Crippen LogP contribution in [0.1, 0.15) is 6.42 Å². The second kappa shape index (κ2) is 5.69. The van der Waals surface area contributed by atoms with Crippen molar-refractivity contribution in [1.82, 2.24) is 0 Å². The van der Waals surface area contributed by atoms with Crippen LogP contribution in [0.25, 0.3) is 0 Å². The first-order valence-electron chi connectivity index (χ1n) is 5.81. The lowest BCUT2D eigenvalue weighted by Crippen LogP contribution is -2.37. The minimum atomic E-state index is -3.33. The van der Waals surface area contributed by atoms with E-state index in [0.717, 1.165) is 10.9 Å². The van der Waals surface area contributed by atoms with Gasteiger partial charge in [0.05, 0.1) is 17.3 Å². The smallest absolute Gasteiger partial charge is 0.179 e. The molecule has 0 radical (unpaired) electrons. The van der Waals surface area contributed by atoms with Crippen LogP contribution in [0.2, 0.25) is 0 Å². The highest BCUT2D eigenvalue weighted by molar-refractivity contribution is 9.10. The predicted molar refractivity (Wildman–Crippen MR) is 73.1 cm³/mol. The van der Waals surface area contributed by atoms with Crippen molar-refractivity contribution in [3.8, 4) is 0 Å². The average molecular weight is 334 g/mol. The molecule has 0 saturated carbocycles. The zero-order valence-electron chi connectivity index (χ0n) is 9.88. The Morgan fingerprint density at radius 2 is 2.28 bits per heavy atom. The second-order valence-corrected chi connectivity index (χ2v) is 7.48. The number of benzene rings is 1. The fraction of sp³-hybridized carbons (Fsp3) is 0.500. The molecule has 18 heavy (non-hydrogen) atoms. The molecule has 0 aromatic heterocycles. The Morgan fingerprint density at radius 3 is 2.89 bits per heavy atom. The third-order valence-electron chi connectivity index (χ3n) is 3.14. The molecule has 1 aliphatic heterocycles. The maximum absolute atomic E-state index is 12.2. The van der Waals surface area contributed by atoms with E-state index in [9.17, 15) is 8.42 Å². The van der Waals surface area contributed by atoms with Crippen LogP contribution in [0.15, 0.2) is 33.6 Å². The van der Waals surface area contributed by atoms with Gasteiger partial charge in [-0.3, -0.25) is 0 Å². The van der Waals surface area contributed by atoms with Gasteiger partial charge in [0.2, 0.25) is 0 Å². The van der Waals surface area contributed by atoms with E-state index < -0.39 is 9.84 Å². The number of sulfone groups is 1. The molecule has 2 unspecified atom stereocenters. The van der Waals surface area contributed by atoms with Crippen LogP contribution < -0.4 is 5.73 Å². The molecule has 1 heterocycles. The minimum Gasteiger partial charge on any atom is -0.381 e. The Balaban J connectivity index is 2.11. The molecule has 1 aromatic rings. The molecule has 0 spiro atoms. The monoisotopic (exact) mass is 333 g/mol. The summed E-state index contributed by atoms with van der Waals surface area (Å²) in [6.07, 6.45) is 0.842. The molecule has 0 amide bonds. The highest BCUT2D eigenvalue weighted by Gasteiger charge is 2.28. The maximum Gasteiger partial charge on any atom is 0.179 e. The molecule has 1 aliphatic rings. The standard InChI is InChI=1S/C12H16BrNO3S/c13-10-2-1-3-11(6-10)18(15,16)8-12(14)9-4-5-17-7-9/h1-3,6,9,12H,4-5,7-8,14H2. The third-order valence-corrected chi connectivity index (χ3v) is 5.43. The van der Waals surface area contributed by atoms with E-state index in [-0.39, 0.29) is 17.7 Å². The number of rotatable bonds is 4. The Bertz CT molecular complexity index is 512. The van der Waals surface area contributed by atoms with Gasteiger partial charge in [0.25, 0.3) is 0 Å². The fourth-order valence-corrected chi connectivity index (χ4v) is 4.15. The zero-order chi connectivity index (χ0) is 13.2. The summed E-state index contributed by atoms with van der Waals surface area (Å²) in [5, 5.41) is 0. The molecular formula is C12H16BrNO3S. The summed E-state index contributed by atoms with van der Waals surface area (Å²) in [6.45, 7) is 1.24. The van der Waals surface area contributed by atoms with Crippen molar-refractivity contribution in [3.63, 3.8) is 0 Å². The first-order chi connectivity index (χ1) is 8.49. The molecule has 1 aromatic carbocycles. The molecule has 6 heteroatoms. The van der Waals surface area contributed by atoms with Gasteiger partial charge < -0.3 is 10.5 Å². The summed E-state index contributed by atoms with van der Waals surface area (Å²) in [4.78, 5) is 0.311. The molecule has 0 aliphatic carbocycles. The van der Waals surface area contributed by atoms with Crippen molar-refractivity contribution in [2.75, 3.05) is 19.0 Å². The van der Waals surface area contributed by atoms with E-state index in [1.165, 1.54) is 0 Å². The van der Waals surface area contributed by atoms with Crippen molar-refractivity contribution in [3.05, 3.63) is 28.7 Å². The van der Waals surface area contributed by atoms with Gasteiger partial charge in [0, 0.05) is 23.0 Å². The van der Waals surface area contributed by atoms with Crippen molar-refractivity contribution < 1.29 is 13.2 Å². The van der Waals surface area contributed by atoms with Gasteiger partial charge in [0.15, 0.2) is 9.84 Å². The van der Waals surface area contributed by atoms with Crippen LogP contribution in [-0.2, 0) is 14.6 Å². The molecule has 0 bridgehead atoms. The van der Waals surface area contributed by atoms with Crippen LogP contribution >= 0.6 is 15.9 Å². The van der Waals surface area contributed by atoms with E-state index in [4.69, 9.17) is 10.5 Å². The lowest BCUT2D eigenvalue weighted by Gasteiger charge is -2.17. The quantitative estimate of drug-likeness (QED) is 0.908. The van der Waals surface area contributed by atoms with Crippen LogP contribution in [0.5, 0.6) is 0 Å². The molecule has 1 fully saturated rings. The Morgan fingerprint density at radius 1 is 1.50 bits per heavy atom. The van der Waals surface area contributed by atoms with Crippen molar-refractivity contribution in [2.45, 2.75) is 17.4 Å². The van der Waals surface area contributed by atoms with Gasteiger partial charge in [-0.25, -0.2) is 8.42 Å². The van der Waals surface area contributed by atoms with Crippen molar-refractivity contribution >= 4 is 25.8 Å². The van der Waals surface area contributed by atoms with E-state index >= 15 is 0 Å². The van der Waals surface area contributed by atoms with E-state index in [2.05, 4.69) is 15.9 Å². The summed E-state index contributed by atoms with van der Waals surface area (Å²) < 4.78 is 30.4. The molecule has 2 N–H and O–H groups in total. The lowest BCUT2D eigenvalue weighted by atomic mass is 10.0. The normalized spacial score (nSPS) is 22.0. The van der Waals surface area contributed by atoms with Gasteiger partial charge in [-0.05, 0) is 24.6 Å². The van der Waals surface area contributed by atoms with Gasteiger partial charge >= 0.3 is 0 Å². The molecule has 2 rings (SSSR count). The molecule has 2 atom stereocenters. The van der Waals surface area contributed by atoms with Crippen LogP contribution in [0, 0.1) is 5.92 Å². The van der Waals surface area contributed by atoms with Crippen molar-refractivity contribution in [1.29, 1.82) is 0 Å². The van der Waals surface area contributed by atoms with Crippen LogP contribution in [-0.4, -0.2) is 33.4 Å². The minimum absolute atomic E-state index is 0.0303. The summed E-state index contributed by atoms with van der Waals surface area (Å²) in [5.74, 6) is 0.115. The average Bonchev–Trinajstić information content (AvgIpc) is 2.82. The lowest BCUT2D eigenvalue weighted by molar-refractivity contribution is 0.182. The largest absolute Gasteiger partial charge is 0.381 e. The summed E-state index contributed by atoms with van der Waals surface area (Å²) in [7, 11) is -3.33. The number of ether oxygens (including phenoxy) is 1. The maximum atomic E-state index is 12.2. The van der Waals surface area contributed by atoms with E-state index in [1.807, 2.05) is 0 Å². The van der Waals surface area contributed by atoms with Gasteiger partial charge in [-0.1, -0.05) is 22.0 Å². The number of nitrogens with two attached hydrogens (primary N) is 1. The summed E-state index contributed by atoms with van der Waals surface area (Å²) >= 11 is 3.27. The highest BCUT2D eigenvalue weighted by atomic mass is 79.9. The highest BCUT2D eigenvalue weighted by Crippen LogP contribution is 2.21. The summed E-state index contributed by atoms with van der Waals surface area (Å²) in [5.41, 5.74) is 5.97. The van der Waals surface area contributed by atoms with Crippen molar-refractivity contribution in [2.24, 2.45) is 11.7 Å². The van der Waals surface area contributed by atoms with Gasteiger partial charge in [0.1, 0.15) is 0 Å². The fourth-order valence-electron chi connectivity index (χ4n) is 2.04. The second-order valence-electron chi connectivity index (χ2n) is 4.53. The topological polar surface area (TPSA) is 69.4 Å². The predicted octanol–water partition coefficient (Wildman–Crippen LogP) is 1.59. The van der Waals surface area contributed by atoms with E-state index in [1.54, 1.807) is 24.3 Å². The molecule has 4 nitrogen and oxygen atoms in total. The van der Waals surface area contributed by atoms with Gasteiger partial charge in [-0.2, -0.15) is 0 Å². The first-order valence-corrected chi connectivity index (χ1v) is 8.25.